The molecule has 1 saturated carbocycles. The van der Waals surface area contributed by atoms with E-state index >= 15 is 0 Å². The predicted octanol–water partition coefficient (Wildman–Crippen LogP) is -1.55. The third kappa shape index (κ3) is 26.2. The van der Waals surface area contributed by atoms with Gasteiger partial charge in [-0.2, -0.15) is 49.5 Å². The fraction of sp³-hybridized carbons (Fsp3) is 0.567. The molecular weight excluding hydrogens is 814 g/mol. The summed E-state index contributed by atoms with van der Waals surface area (Å²) in [6.07, 6.45) is -10.9. The summed E-state index contributed by atoms with van der Waals surface area (Å²) in [6, 6.07) is 1.15. The van der Waals surface area contributed by atoms with Crippen LogP contribution in [0.1, 0.15) is 70.7 Å². The zero-order chi connectivity index (χ0) is 44.0. The van der Waals surface area contributed by atoms with Crippen molar-refractivity contribution in [1.29, 1.82) is 0 Å². The molecule has 0 aromatic carbocycles. The van der Waals surface area contributed by atoms with Crippen molar-refractivity contribution in [2.45, 2.75) is 84.2 Å². The SMILES string of the molecule is CCO.CCOC(=O)C(F)(F)F.CC[O-].NC(=O)CC(N)=O.O=C1CC(=O)NC(C(F)(F)F)=N1.O=c1cc(CCCC2CC2)c2c(=O)[nH]c(C(F)(F)F)nc2o1.[Na+]. The molecule has 1 fully saturated rings. The van der Waals surface area contributed by atoms with Crippen LogP contribution in [0.5, 0.6) is 0 Å². The van der Waals surface area contributed by atoms with Gasteiger partial charge in [0.15, 0.2) is 0 Å². The van der Waals surface area contributed by atoms with Gasteiger partial charge < -0.3 is 41.1 Å². The smallest absolute Gasteiger partial charge is 0.855 e. The van der Waals surface area contributed by atoms with Crippen molar-refractivity contribution in [3.8, 4) is 0 Å². The van der Waals surface area contributed by atoms with Crippen LogP contribution < -0.4 is 62.6 Å². The average molecular weight is 853 g/mol. The molecule has 1 aliphatic carbocycles. The van der Waals surface area contributed by atoms with Gasteiger partial charge in [-0.15, -0.1) is 6.61 Å². The Morgan fingerprint density at radius 2 is 1.47 bits per heavy atom. The van der Waals surface area contributed by atoms with Gasteiger partial charge in [0.25, 0.3) is 11.5 Å². The Morgan fingerprint density at radius 3 is 1.82 bits per heavy atom. The zero-order valence-electron chi connectivity index (χ0n) is 30.7. The Morgan fingerprint density at radius 1 is 0.965 bits per heavy atom. The Balaban J connectivity index is -0.000000709. The molecule has 0 radical (unpaired) electrons. The maximum absolute atomic E-state index is 12.6. The van der Waals surface area contributed by atoms with Gasteiger partial charge in [-0.25, -0.2) is 9.59 Å². The number of aromatic nitrogens is 2. The van der Waals surface area contributed by atoms with E-state index in [-0.39, 0.29) is 61.2 Å². The summed E-state index contributed by atoms with van der Waals surface area (Å²) in [5.41, 5.74) is 7.18. The van der Waals surface area contributed by atoms with Gasteiger partial charge in [0.1, 0.15) is 18.2 Å². The summed E-state index contributed by atoms with van der Waals surface area (Å²) >= 11 is 0. The molecule has 3 heterocycles. The summed E-state index contributed by atoms with van der Waals surface area (Å²) in [6.45, 7) is 4.56. The Kier molecular flexibility index (Phi) is 27.2. The van der Waals surface area contributed by atoms with Gasteiger partial charge in [0, 0.05) is 12.7 Å². The maximum Gasteiger partial charge on any atom is 1.00 e. The number of hydrogen-bond donors (Lipinski definition) is 5. The third-order valence-electron chi connectivity index (χ3n) is 5.65. The first-order chi connectivity index (χ1) is 25.7. The number of aromatic amines is 1. The van der Waals surface area contributed by atoms with Crippen molar-refractivity contribution in [3.05, 3.63) is 38.2 Å². The van der Waals surface area contributed by atoms with Crippen LogP contribution in [-0.4, -0.2) is 82.7 Å². The number of nitrogens with zero attached hydrogens (tertiary/aromatic N) is 2. The largest absolute Gasteiger partial charge is 1.00 e. The molecule has 318 valence electrons. The van der Waals surface area contributed by atoms with Gasteiger partial charge in [0.05, 0.1) is 6.61 Å². The van der Waals surface area contributed by atoms with Crippen LogP contribution >= 0.6 is 0 Å². The van der Waals surface area contributed by atoms with Crippen molar-refractivity contribution < 1.29 is 112 Å². The summed E-state index contributed by atoms with van der Waals surface area (Å²) < 4.78 is 115. The van der Waals surface area contributed by atoms with Crippen molar-refractivity contribution in [1.82, 2.24) is 15.3 Å². The predicted molar refractivity (Wildman–Crippen MR) is 172 cm³/mol. The molecule has 7 N–H and O–H groups in total. The van der Waals surface area contributed by atoms with Crippen LogP contribution in [0.2, 0.25) is 0 Å². The monoisotopic (exact) mass is 852 g/mol. The van der Waals surface area contributed by atoms with E-state index in [1.807, 2.05) is 0 Å². The minimum atomic E-state index is -4.85. The number of carbonyl (C=O) groups is 5. The molecule has 0 spiro atoms. The van der Waals surface area contributed by atoms with Crippen LogP contribution in [-0.2, 0) is 41.3 Å². The number of nitrogens with two attached hydrogens (primary N) is 2. The second-order valence-corrected chi connectivity index (χ2v) is 10.5. The molecule has 0 atom stereocenters. The molecule has 27 heteroatoms. The van der Waals surface area contributed by atoms with Gasteiger partial charge in [-0.05, 0) is 38.2 Å². The van der Waals surface area contributed by atoms with Gasteiger partial charge >= 0.3 is 59.7 Å². The Labute approximate surface area is 338 Å². The first-order valence-corrected chi connectivity index (χ1v) is 15.8. The number of halogens is 9. The molecule has 2 aromatic heterocycles. The van der Waals surface area contributed by atoms with Crippen molar-refractivity contribution in [2.24, 2.45) is 22.4 Å². The maximum atomic E-state index is 12.6. The molecule has 4 rings (SSSR count). The van der Waals surface area contributed by atoms with E-state index in [9.17, 15) is 73.1 Å². The van der Waals surface area contributed by atoms with E-state index in [2.05, 4.69) is 30.6 Å². The number of fused-ring (bicyclic) bond motifs is 1. The van der Waals surface area contributed by atoms with Crippen LogP contribution in [0.25, 0.3) is 11.1 Å². The van der Waals surface area contributed by atoms with Gasteiger partial charge in [0.2, 0.25) is 35.1 Å². The normalized spacial score (nSPS) is 13.3. The van der Waals surface area contributed by atoms with Crippen molar-refractivity contribution in [3.63, 3.8) is 0 Å². The summed E-state index contributed by atoms with van der Waals surface area (Å²) in [5, 5.41) is 17.9. The van der Waals surface area contributed by atoms with E-state index in [1.54, 1.807) is 18.8 Å². The molecule has 17 nitrogen and oxygen atoms in total. The quantitative estimate of drug-likeness (QED) is 0.0916. The van der Waals surface area contributed by atoms with E-state index in [0.717, 1.165) is 18.9 Å². The number of aliphatic hydroxyl groups is 1. The number of carbonyl (C=O) groups excluding carboxylic acids is 5. The van der Waals surface area contributed by atoms with E-state index in [1.165, 1.54) is 25.1 Å². The zero-order valence-corrected chi connectivity index (χ0v) is 32.7. The number of ether oxygens (including phenoxy) is 1. The number of aryl methyl sites for hydroxylation is 1. The number of rotatable bonds is 7. The summed E-state index contributed by atoms with van der Waals surface area (Å²) in [7, 11) is 0. The first-order valence-electron chi connectivity index (χ1n) is 15.8. The van der Waals surface area contributed by atoms with Crippen LogP contribution in [0, 0.1) is 5.92 Å². The second kappa shape index (κ2) is 27.3. The molecule has 1 aliphatic heterocycles. The Hall–Kier alpha value is -4.40. The topological polar surface area (TPSA) is 290 Å². The molecule has 0 saturated heterocycles. The number of esters is 1. The molecule has 4 amide bonds. The van der Waals surface area contributed by atoms with Crippen LogP contribution in [0.15, 0.2) is 25.1 Å². The first kappa shape index (κ1) is 56.9. The molecule has 57 heavy (non-hydrogen) atoms. The number of aliphatic hydroxyl groups excluding tert-OH is 1. The van der Waals surface area contributed by atoms with Gasteiger partial charge in [-0.3, -0.25) is 24.0 Å². The summed E-state index contributed by atoms with van der Waals surface area (Å²) in [5.74, 6) is -7.88. The van der Waals surface area contributed by atoms with E-state index in [4.69, 9.17) is 10.2 Å². The Bertz CT molecular complexity index is 1750. The number of amides is 4. The number of nitrogens with one attached hydrogen (secondary N) is 2. The third-order valence-corrected chi connectivity index (χ3v) is 5.65. The van der Waals surface area contributed by atoms with Gasteiger partial charge in [-0.1, -0.05) is 26.2 Å². The number of primary amides is 2. The van der Waals surface area contributed by atoms with Crippen molar-refractivity contribution in [2.75, 3.05) is 19.8 Å². The number of H-pyrrole nitrogens is 1. The molecule has 0 unspecified atom stereocenters. The average Bonchev–Trinajstić information content (AvgIpc) is 3.85. The summed E-state index contributed by atoms with van der Waals surface area (Å²) in [4.78, 5) is 81.0. The van der Waals surface area contributed by atoms with E-state index in [0.29, 0.717) is 17.9 Å². The molecule has 2 aromatic rings. The second-order valence-electron chi connectivity index (χ2n) is 10.5. The standard InChI is InChI=1S/C14H13F3N2O3.C5H3F3N2O2.C4H5F3O2.C3H6N2O2.C2H6O.C2H5O.Na/c15-14(16,17)13-18-11(21)10-8(3-1-2-7-4-5-7)6-9(20)22-12(10)19-13;6-5(7,8)4-9-2(11)1-3(12)10-4;1-2-9-3(8)4(5,6)7;4-2(6)1-3(5)7;2*1-2-3;/h6-7H,1-5H2,(H,18,19,21);1H2,(H,9,10,11,12);2H2,1H3;1H2,(H2,4,6)(H2,5,7);3H,2H2,1H3;2H2,1H3;/q;;;;;-1;+1. The van der Waals surface area contributed by atoms with Crippen LogP contribution in [0.3, 0.4) is 0 Å². The molecular formula is C30H38F9N6NaO11. The number of hydrogen-bond acceptors (Lipinski definition) is 12. The van der Waals surface area contributed by atoms with Crippen molar-refractivity contribution >= 4 is 46.5 Å². The van der Waals surface area contributed by atoms with Crippen LogP contribution in [0.4, 0.5) is 39.5 Å². The minimum Gasteiger partial charge on any atom is -0.855 e. The number of alkyl halides is 9. The number of aliphatic imine (C=N–C) groups is 1. The number of amidine groups is 1. The molecule has 0 bridgehead atoms. The van der Waals surface area contributed by atoms with E-state index < -0.39 is 83.1 Å². The minimum absolute atomic E-state index is 0. The fourth-order valence-electron chi connectivity index (χ4n) is 3.49. The molecule has 2 aliphatic rings. The fourth-order valence-corrected chi connectivity index (χ4v) is 3.49.